The molecule has 0 amide bonds. The Morgan fingerprint density at radius 2 is 1.70 bits per heavy atom. The van der Waals surface area contributed by atoms with Crippen molar-refractivity contribution in [2.24, 2.45) is 5.92 Å². The summed E-state index contributed by atoms with van der Waals surface area (Å²) in [6, 6.07) is 8.25. The molecule has 0 aliphatic heterocycles. The van der Waals surface area contributed by atoms with Crippen LogP contribution < -0.4 is 0 Å². The van der Waals surface area contributed by atoms with Crippen LogP contribution in [0.3, 0.4) is 0 Å². The molecule has 7 heteroatoms. The highest BCUT2D eigenvalue weighted by Crippen LogP contribution is 2.49. The standard InChI is InChI=1S/C16H25O5PS/c1-4-20-22(17,21-5-2)13-11-15(3)12-14-23(18,19)16-9-7-6-8-10-16/h6-10,12,14-15H,4-5,11,13H2,1-3H3/b14-12+/t15-/m1/s1. The minimum atomic E-state index is -3.44. The van der Waals surface area contributed by atoms with E-state index in [-0.39, 0.29) is 17.0 Å². The number of allylic oxidation sites excluding steroid dienone is 1. The predicted octanol–water partition coefficient (Wildman–Crippen LogP) is 4.27. The van der Waals surface area contributed by atoms with Gasteiger partial charge in [-0.25, -0.2) is 8.42 Å². The SMILES string of the molecule is CCOP(=O)(CC[C@@H](C)/C=C/S(=O)(=O)c1ccccc1)OCC. The average Bonchev–Trinajstić information content (AvgIpc) is 2.52. The molecule has 0 fully saturated rings. The molecule has 0 radical (unpaired) electrons. The van der Waals surface area contributed by atoms with Crippen LogP contribution in [-0.4, -0.2) is 27.8 Å². The molecular formula is C16H25O5PS. The van der Waals surface area contributed by atoms with E-state index in [9.17, 15) is 13.0 Å². The van der Waals surface area contributed by atoms with Gasteiger partial charge in [-0.05, 0) is 38.3 Å². The fraction of sp³-hybridized carbons (Fsp3) is 0.500. The van der Waals surface area contributed by atoms with Crippen molar-refractivity contribution in [1.82, 2.24) is 0 Å². The van der Waals surface area contributed by atoms with Gasteiger partial charge >= 0.3 is 7.60 Å². The smallest absolute Gasteiger partial charge is 0.309 e. The molecule has 1 aromatic carbocycles. The van der Waals surface area contributed by atoms with Gasteiger partial charge in [0.2, 0.25) is 0 Å². The molecule has 0 saturated carbocycles. The van der Waals surface area contributed by atoms with Crippen LogP contribution in [0.2, 0.25) is 0 Å². The van der Waals surface area contributed by atoms with Crippen molar-refractivity contribution in [3.8, 4) is 0 Å². The minimum Gasteiger partial charge on any atom is -0.309 e. The van der Waals surface area contributed by atoms with Gasteiger partial charge in [0.25, 0.3) is 0 Å². The predicted molar refractivity (Wildman–Crippen MR) is 92.3 cm³/mol. The zero-order valence-corrected chi connectivity index (χ0v) is 15.6. The van der Waals surface area contributed by atoms with Gasteiger partial charge in [-0.15, -0.1) is 0 Å². The Kier molecular flexibility index (Phi) is 8.20. The Bertz CT molecular complexity index is 630. The maximum absolute atomic E-state index is 12.4. The first kappa shape index (κ1) is 20.1. The second kappa shape index (κ2) is 9.38. The van der Waals surface area contributed by atoms with Crippen LogP contribution in [0.5, 0.6) is 0 Å². The first-order chi connectivity index (χ1) is 10.8. The van der Waals surface area contributed by atoms with Crippen molar-refractivity contribution in [3.63, 3.8) is 0 Å². The van der Waals surface area contributed by atoms with E-state index in [0.717, 1.165) is 0 Å². The molecule has 0 aromatic heterocycles. The Labute approximate surface area is 139 Å². The summed E-state index contributed by atoms with van der Waals surface area (Å²) >= 11 is 0. The molecule has 0 saturated heterocycles. The normalized spacial score (nSPS) is 14.2. The number of rotatable bonds is 10. The number of sulfone groups is 1. The Morgan fingerprint density at radius 1 is 1.13 bits per heavy atom. The average molecular weight is 360 g/mol. The third-order valence-corrected chi connectivity index (χ3v) is 6.72. The molecule has 5 nitrogen and oxygen atoms in total. The van der Waals surface area contributed by atoms with Crippen LogP contribution in [0.15, 0.2) is 46.7 Å². The van der Waals surface area contributed by atoms with Crippen molar-refractivity contribution in [1.29, 1.82) is 0 Å². The highest BCUT2D eigenvalue weighted by Gasteiger charge is 2.23. The summed E-state index contributed by atoms with van der Waals surface area (Å²) in [6.45, 7) is 6.05. The fourth-order valence-electron chi connectivity index (χ4n) is 1.94. The molecule has 0 unspecified atom stereocenters. The van der Waals surface area contributed by atoms with Gasteiger partial charge in [-0.1, -0.05) is 31.2 Å². The van der Waals surface area contributed by atoms with Gasteiger partial charge in [0.05, 0.1) is 24.3 Å². The Morgan fingerprint density at radius 3 is 2.22 bits per heavy atom. The molecule has 23 heavy (non-hydrogen) atoms. The zero-order valence-electron chi connectivity index (χ0n) is 13.8. The lowest BCUT2D eigenvalue weighted by Gasteiger charge is -2.17. The summed E-state index contributed by atoms with van der Waals surface area (Å²) in [5.41, 5.74) is 0. The lowest BCUT2D eigenvalue weighted by Crippen LogP contribution is -2.04. The van der Waals surface area contributed by atoms with E-state index in [1.807, 2.05) is 6.92 Å². The van der Waals surface area contributed by atoms with Crippen LogP contribution in [0, 0.1) is 5.92 Å². The molecule has 130 valence electrons. The van der Waals surface area contributed by atoms with E-state index in [1.165, 1.54) is 5.41 Å². The van der Waals surface area contributed by atoms with Gasteiger partial charge in [0, 0.05) is 5.41 Å². The first-order valence-electron chi connectivity index (χ1n) is 7.69. The zero-order chi connectivity index (χ0) is 17.3. The summed E-state index contributed by atoms with van der Waals surface area (Å²) in [7, 11) is -6.52. The molecule has 1 atom stereocenters. The quantitative estimate of drug-likeness (QED) is 0.583. The Balaban J connectivity index is 2.65. The van der Waals surface area contributed by atoms with Crippen molar-refractivity contribution >= 4 is 17.4 Å². The van der Waals surface area contributed by atoms with Crippen molar-refractivity contribution < 1.29 is 22.0 Å². The van der Waals surface area contributed by atoms with Gasteiger partial charge < -0.3 is 9.05 Å². The van der Waals surface area contributed by atoms with Crippen molar-refractivity contribution in [2.45, 2.75) is 32.1 Å². The molecule has 0 heterocycles. The molecule has 1 aromatic rings. The lowest BCUT2D eigenvalue weighted by atomic mass is 10.1. The van der Waals surface area contributed by atoms with E-state index in [4.69, 9.17) is 9.05 Å². The molecule has 0 N–H and O–H groups in total. The second-order valence-electron chi connectivity index (χ2n) is 5.12. The van der Waals surface area contributed by atoms with Crippen molar-refractivity contribution in [3.05, 3.63) is 41.8 Å². The van der Waals surface area contributed by atoms with Crippen LogP contribution in [0.4, 0.5) is 0 Å². The number of hydrogen-bond donors (Lipinski definition) is 0. The number of hydrogen-bond acceptors (Lipinski definition) is 5. The summed E-state index contributed by atoms with van der Waals surface area (Å²) < 4.78 is 47.1. The summed E-state index contributed by atoms with van der Waals surface area (Å²) in [6.07, 6.45) is 2.41. The van der Waals surface area contributed by atoms with E-state index < -0.39 is 17.4 Å². The van der Waals surface area contributed by atoms with Crippen LogP contribution in [-0.2, 0) is 23.4 Å². The lowest BCUT2D eigenvalue weighted by molar-refractivity contribution is 0.219. The second-order valence-corrected chi connectivity index (χ2v) is 9.14. The first-order valence-corrected chi connectivity index (χ1v) is 11.0. The topological polar surface area (TPSA) is 69.7 Å². The maximum atomic E-state index is 12.4. The largest absolute Gasteiger partial charge is 0.330 e. The summed E-state index contributed by atoms with van der Waals surface area (Å²) in [4.78, 5) is 0.262. The molecule has 0 aliphatic rings. The van der Waals surface area contributed by atoms with E-state index in [0.29, 0.717) is 19.6 Å². The van der Waals surface area contributed by atoms with Crippen LogP contribution >= 0.6 is 7.60 Å². The summed E-state index contributed by atoms with van der Waals surface area (Å²) in [5, 5.41) is 1.21. The van der Waals surface area contributed by atoms with Gasteiger partial charge in [0.1, 0.15) is 0 Å². The highest BCUT2D eigenvalue weighted by molar-refractivity contribution is 7.94. The van der Waals surface area contributed by atoms with Crippen LogP contribution in [0.25, 0.3) is 0 Å². The molecule has 0 aliphatic carbocycles. The highest BCUT2D eigenvalue weighted by atomic mass is 32.2. The van der Waals surface area contributed by atoms with Crippen LogP contribution in [0.1, 0.15) is 27.2 Å². The summed E-state index contributed by atoms with van der Waals surface area (Å²) in [5.74, 6) is -0.0530. The maximum Gasteiger partial charge on any atom is 0.330 e. The van der Waals surface area contributed by atoms with Gasteiger partial charge in [-0.3, -0.25) is 4.57 Å². The van der Waals surface area contributed by atoms with Crippen molar-refractivity contribution in [2.75, 3.05) is 19.4 Å². The Hall–Kier alpha value is -0.940. The monoisotopic (exact) mass is 360 g/mol. The van der Waals surface area contributed by atoms with Gasteiger partial charge in [0.15, 0.2) is 9.84 Å². The van der Waals surface area contributed by atoms with E-state index >= 15 is 0 Å². The third-order valence-electron chi connectivity index (χ3n) is 3.17. The fourth-order valence-corrected chi connectivity index (χ4v) is 4.96. The molecule has 0 spiro atoms. The van der Waals surface area contributed by atoms with Gasteiger partial charge in [-0.2, -0.15) is 0 Å². The molecule has 1 rings (SSSR count). The van der Waals surface area contributed by atoms with E-state index in [2.05, 4.69) is 0 Å². The van der Waals surface area contributed by atoms with E-state index in [1.54, 1.807) is 50.3 Å². The minimum absolute atomic E-state index is 0.0530. The molecular weight excluding hydrogens is 335 g/mol. The number of benzene rings is 1. The third kappa shape index (κ3) is 7.00. The molecule has 0 bridgehead atoms.